The van der Waals surface area contributed by atoms with Crippen LogP contribution in [0.4, 0.5) is 5.69 Å². The SMILES string of the molecule is C=c1[nH]n(-c2ccccc2)c(=O)/c1=C/c1cc([N+](=O)[O-])ccc1OCCC. The van der Waals surface area contributed by atoms with Crippen molar-refractivity contribution in [2.24, 2.45) is 0 Å². The maximum atomic E-state index is 12.8. The third-order valence-corrected chi connectivity index (χ3v) is 3.99. The van der Waals surface area contributed by atoms with Gasteiger partial charge in [0.25, 0.3) is 11.2 Å². The van der Waals surface area contributed by atoms with Crippen molar-refractivity contribution in [3.05, 3.63) is 85.1 Å². The number of nitrogens with one attached hydrogen (secondary N) is 1. The van der Waals surface area contributed by atoms with Gasteiger partial charge in [0, 0.05) is 17.7 Å². The number of nitrogens with zero attached hydrogens (tertiary/aromatic N) is 2. The fourth-order valence-corrected chi connectivity index (χ4v) is 2.66. The summed E-state index contributed by atoms with van der Waals surface area (Å²) in [6, 6.07) is 13.4. The van der Waals surface area contributed by atoms with Gasteiger partial charge in [-0.3, -0.25) is 20.0 Å². The first-order valence-corrected chi connectivity index (χ1v) is 8.49. The molecule has 0 saturated carbocycles. The van der Waals surface area contributed by atoms with Gasteiger partial charge in [0.05, 0.1) is 27.8 Å². The number of non-ortho nitro benzene ring substituents is 1. The lowest BCUT2D eigenvalue weighted by molar-refractivity contribution is -0.384. The predicted octanol–water partition coefficient (Wildman–Crippen LogP) is 2.10. The van der Waals surface area contributed by atoms with Gasteiger partial charge in [-0.05, 0) is 30.7 Å². The lowest BCUT2D eigenvalue weighted by Gasteiger charge is -2.07. The van der Waals surface area contributed by atoms with E-state index >= 15 is 0 Å². The first kappa shape index (κ1) is 18.2. The van der Waals surface area contributed by atoms with Crippen LogP contribution in [0.3, 0.4) is 0 Å². The summed E-state index contributed by atoms with van der Waals surface area (Å²) in [7, 11) is 0. The van der Waals surface area contributed by atoms with Crippen molar-refractivity contribution in [2.45, 2.75) is 13.3 Å². The molecule has 1 heterocycles. The first-order valence-electron chi connectivity index (χ1n) is 8.49. The summed E-state index contributed by atoms with van der Waals surface area (Å²) in [6.07, 6.45) is 2.36. The summed E-state index contributed by atoms with van der Waals surface area (Å²) >= 11 is 0. The average molecular weight is 365 g/mol. The van der Waals surface area contributed by atoms with Crippen molar-refractivity contribution >= 4 is 18.3 Å². The van der Waals surface area contributed by atoms with Crippen LogP contribution in [-0.2, 0) is 0 Å². The summed E-state index contributed by atoms with van der Waals surface area (Å²) in [6.45, 7) is 6.33. The van der Waals surface area contributed by atoms with Gasteiger partial charge in [-0.1, -0.05) is 31.7 Å². The lowest BCUT2D eigenvalue weighted by Crippen LogP contribution is -2.34. The molecule has 0 saturated heterocycles. The van der Waals surface area contributed by atoms with E-state index in [9.17, 15) is 14.9 Å². The van der Waals surface area contributed by atoms with E-state index in [0.29, 0.717) is 34.2 Å². The number of nitro benzene ring substituents is 1. The molecule has 0 fully saturated rings. The largest absolute Gasteiger partial charge is 0.493 e. The Morgan fingerprint density at radius 3 is 2.67 bits per heavy atom. The van der Waals surface area contributed by atoms with Crippen LogP contribution >= 0.6 is 0 Å². The Kier molecular flexibility index (Phi) is 5.21. The second-order valence-corrected chi connectivity index (χ2v) is 5.95. The van der Waals surface area contributed by atoms with Crippen LogP contribution in [0.1, 0.15) is 18.9 Å². The summed E-state index contributed by atoms with van der Waals surface area (Å²) in [5.41, 5.74) is 0.765. The highest BCUT2D eigenvalue weighted by Crippen LogP contribution is 2.24. The number of hydrogen-bond acceptors (Lipinski definition) is 4. The first-order chi connectivity index (χ1) is 13.0. The fourth-order valence-electron chi connectivity index (χ4n) is 2.66. The van der Waals surface area contributed by atoms with Crippen LogP contribution in [-0.4, -0.2) is 21.3 Å². The average Bonchev–Trinajstić information content (AvgIpc) is 2.95. The maximum Gasteiger partial charge on any atom is 0.279 e. The minimum Gasteiger partial charge on any atom is -0.493 e. The molecule has 1 aromatic heterocycles. The molecule has 0 spiro atoms. The van der Waals surface area contributed by atoms with Crippen LogP contribution in [0.25, 0.3) is 18.3 Å². The molecule has 2 aromatic carbocycles. The van der Waals surface area contributed by atoms with Gasteiger partial charge in [0.1, 0.15) is 5.75 Å². The van der Waals surface area contributed by atoms with E-state index < -0.39 is 4.92 Å². The summed E-state index contributed by atoms with van der Waals surface area (Å²) in [4.78, 5) is 23.5. The zero-order chi connectivity index (χ0) is 19.4. The highest BCUT2D eigenvalue weighted by Gasteiger charge is 2.12. The predicted molar refractivity (Wildman–Crippen MR) is 104 cm³/mol. The zero-order valence-electron chi connectivity index (χ0n) is 14.8. The van der Waals surface area contributed by atoms with E-state index in [0.717, 1.165) is 6.42 Å². The smallest absolute Gasteiger partial charge is 0.279 e. The number of para-hydroxylation sites is 1. The van der Waals surface area contributed by atoms with Crippen molar-refractivity contribution in [3.63, 3.8) is 0 Å². The number of aromatic amines is 1. The van der Waals surface area contributed by atoms with Gasteiger partial charge in [-0.2, -0.15) is 0 Å². The molecule has 0 radical (unpaired) electrons. The Hall–Kier alpha value is -3.61. The Bertz CT molecular complexity index is 1130. The van der Waals surface area contributed by atoms with E-state index in [-0.39, 0.29) is 11.2 Å². The standard InChI is InChI=1S/C20H19N3O4/c1-3-11-27-19-10-9-17(23(25)26)12-15(19)13-18-14(2)21-22(20(18)24)16-7-5-4-6-8-16/h4-10,12-13,21H,2-3,11H2,1H3/b18-13+. The molecular weight excluding hydrogens is 346 g/mol. The number of aromatic nitrogens is 2. The fraction of sp³-hybridized carbons (Fsp3) is 0.150. The molecule has 7 nitrogen and oxygen atoms in total. The molecule has 3 rings (SSSR count). The van der Waals surface area contributed by atoms with Gasteiger partial charge in [-0.15, -0.1) is 0 Å². The van der Waals surface area contributed by atoms with E-state index in [1.165, 1.54) is 16.8 Å². The van der Waals surface area contributed by atoms with Gasteiger partial charge in [0.15, 0.2) is 0 Å². The summed E-state index contributed by atoms with van der Waals surface area (Å²) in [5, 5.41) is 14.8. The van der Waals surface area contributed by atoms with E-state index in [2.05, 4.69) is 11.7 Å². The third kappa shape index (κ3) is 3.82. The van der Waals surface area contributed by atoms with Crippen molar-refractivity contribution in [3.8, 4) is 11.4 Å². The molecule has 138 valence electrons. The van der Waals surface area contributed by atoms with E-state index in [1.807, 2.05) is 25.1 Å². The third-order valence-electron chi connectivity index (χ3n) is 3.99. The van der Waals surface area contributed by atoms with Crippen molar-refractivity contribution < 1.29 is 9.66 Å². The zero-order valence-corrected chi connectivity index (χ0v) is 14.8. The molecule has 0 aliphatic carbocycles. The molecule has 3 aromatic rings. The molecule has 0 atom stereocenters. The second-order valence-electron chi connectivity index (χ2n) is 5.95. The number of rotatable bonds is 6. The topological polar surface area (TPSA) is 90.2 Å². The van der Waals surface area contributed by atoms with E-state index in [4.69, 9.17) is 4.74 Å². The highest BCUT2D eigenvalue weighted by molar-refractivity contribution is 5.61. The Balaban J connectivity index is 2.18. The summed E-state index contributed by atoms with van der Waals surface area (Å²) in [5.74, 6) is 0.480. The minimum atomic E-state index is -0.481. The van der Waals surface area contributed by atoms with Crippen molar-refractivity contribution in [1.82, 2.24) is 9.78 Å². The van der Waals surface area contributed by atoms with Gasteiger partial charge >= 0.3 is 0 Å². The van der Waals surface area contributed by atoms with Gasteiger partial charge < -0.3 is 4.74 Å². The molecule has 0 aliphatic rings. The number of benzene rings is 2. The second kappa shape index (κ2) is 7.74. The van der Waals surface area contributed by atoms with Crippen LogP contribution in [0.2, 0.25) is 0 Å². The maximum absolute atomic E-state index is 12.8. The van der Waals surface area contributed by atoms with Gasteiger partial charge in [0.2, 0.25) is 0 Å². The molecule has 0 bridgehead atoms. The van der Waals surface area contributed by atoms with Gasteiger partial charge in [-0.25, -0.2) is 4.68 Å². The molecular formula is C20H19N3O4. The minimum absolute atomic E-state index is 0.0744. The monoisotopic (exact) mass is 365 g/mol. The Morgan fingerprint density at radius 2 is 2.00 bits per heavy atom. The Morgan fingerprint density at radius 1 is 1.26 bits per heavy atom. The number of ether oxygens (including phenoxy) is 1. The summed E-state index contributed by atoms with van der Waals surface area (Å²) < 4.78 is 7.06. The number of H-pyrrole nitrogens is 1. The van der Waals surface area contributed by atoms with Crippen LogP contribution < -0.4 is 20.9 Å². The lowest BCUT2D eigenvalue weighted by atomic mass is 10.1. The van der Waals surface area contributed by atoms with E-state index in [1.54, 1.807) is 24.3 Å². The highest BCUT2D eigenvalue weighted by atomic mass is 16.6. The van der Waals surface area contributed by atoms with Crippen LogP contribution in [0.5, 0.6) is 5.75 Å². The number of nitro groups is 1. The quantitative estimate of drug-likeness (QED) is 0.535. The molecule has 7 heteroatoms. The van der Waals surface area contributed by atoms with Crippen LogP contribution in [0, 0.1) is 10.1 Å². The Labute approximate surface area is 155 Å². The molecule has 1 N–H and O–H groups in total. The molecule has 0 aliphatic heterocycles. The van der Waals surface area contributed by atoms with Crippen molar-refractivity contribution in [2.75, 3.05) is 6.61 Å². The molecule has 0 unspecified atom stereocenters. The normalized spacial score (nSPS) is 11.5. The van der Waals surface area contributed by atoms with Crippen LogP contribution in [0.15, 0.2) is 53.3 Å². The van der Waals surface area contributed by atoms with Crippen molar-refractivity contribution in [1.29, 1.82) is 0 Å². The number of hydrogen-bond donors (Lipinski definition) is 1. The molecule has 27 heavy (non-hydrogen) atoms. The molecule has 0 amide bonds.